The Kier molecular flexibility index (Phi) is 7.72. The summed E-state index contributed by atoms with van der Waals surface area (Å²) in [6, 6.07) is 5.95. The predicted octanol–water partition coefficient (Wildman–Crippen LogP) is 7.86. The van der Waals surface area contributed by atoms with Crippen molar-refractivity contribution in [1.29, 1.82) is 5.26 Å². The Labute approximate surface area is 272 Å². The molecular formula is C32H31ClF2N6O4S. The maximum absolute atomic E-state index is 16.5. The molecule has 46 heavy (non-hydrogen) atoms. The number of carbonyl (C=O) groups excluding carboxylic acids is 2. The van der Waals surface area contributed by atoms with Crippen molar-refractivity contribution < 1.29 is 27.8 Å². The van der Waals surface area contributed by atoms with Crippen LogP contribution in [-0.2, 0) is 9.47 Å². The van der Waals surface area contributed by atoms with Gasteiger partial charge in [0.15, 0.2) is 5.82 Å². The van der Waals surface area contributed by atoms with Crippen molar-refractivity contribution in [3.05, 3.63) is 46.7 Å². The summed E-state index contributed by atoms with van der Waals surface area (Å²) in [5, 5.41) is 13.2. The van der Waals surface area contributed by atoms with Gasteiger partial charge in [0.1, 0.15) is 45.8 Å². The number of likely N-dealkylation sites (tertiary alicyclic amines) is 1. The van der Waals surface area contributed by atoms with E-state index in [1.165, 1.54) is 12.4 Å². The highest BCUT2D eigenvalue weighted by atomic mass is 35.5. The van der Waals surface area contributed by atoms with Gasteiger partial charge in [0.2, 0.25) is 0 Å². The van der Waals surface area contributed by atoms with Crippen LogP contribution in [0.1, 0.15) is 53.5 Å². The highest BCUT2D eigenvalue weighted by Gasteiger charge is 2.47. The SMILES string of the molecule is CC(C)(C)OC(=O)Nc1sc2c(F)ccc(-c3c(Cl)cc4c(N5C[C@@H]6C[C@H]5CN6C(=O)OC(C)(C)C)ncnc4c3F)c2c1C#N. The van der Waals surface area contributed by atoms with Gasteiger partial charge < -0.3 is 19.3 Å². The number of piperazine rings is 1. The molecule has 2 saturated heterocycles. The first-order chi connectivity index (χ1) is 21.6. The number of hydrogen-bond donors (Lipinski definition) is 1. The first-order valence-corrected chi connectivity index (χ1v) is 15.8. The normalized spacial score (nSPS) is 17.9. The topological polar surface area (TPSA) is 121 Å². The van der Waals surface area contributed by atoms with Gasteiger partial charge in [-0.15, -0.1) is 11.3 Å². The standard InChI is InChI=1S/C32H31ClF2N6O4S/c1-31(2,3)44-29(42)39-28-19(11-36)22-17(7-8-21(34)26(22)46-28)23-20(33)10-18-25(24(23)35)37-14-38-27(18)40-12-16-9-15(40)13-41(16)30(43)45-32(4,5)6/h7-8,10,14-16H,9,12-13H2,1-6H3,(H,39,42)/t15-,16-/m0/s1. The fourth-order valence-corrected chi connectivity index (χ4v) is 7.40. The lowest BCUT2D eigenvalue weighted by atomic mass is 9.97. The largest absolute Gasteiger partial charge is 0.444 e. The number of nitrogens with zero attached hydrogens (tertiary/aromatic N) is 5. The minimum Gasteiger partial charge on any atom is -0.444 e. The lowest BCUT2D eigenvalue weighted by molar-refractivity contribution is 0.0214. The van der Waals surface area contributed by atoms with Crippen LogP contribution in [0.5, 0.6) is 0 Å². The molecule has 14 heteroatoms. The Morgan fingerprint density at radius 3 is 2.43 bits per heavy atom. The number of ether oxygens (including phenoxy) is 2. The number of thiophene rings is 1. The summed E-state index contributed by atoms with van der Waals surface area (Å²) in [5.41, 5.74) is -1.38. The van der Waals surface area contributed by atoms with E-state index < -0.39 is 28.9 Å². The zero-order valence-electron chi connectivity index (χ0n) is 26.0. The molecular weight excluding hydrogens is 638 g/mol. The van der Waals surface area contributed by atoms with E-state index in [1.54, 1.807) is 31.7 Å². The first-order valence-electron chi connectivity index (χ1n) is 14.6. The molecule has 1 N–H and O–H groups in total. The number of nitrogens with one attached hydrogen (secondary N) is 1. The van der Waals surface area contributed by atoms with Crippen LogP contribution in [0.15, 0.2) is 24.5 Å². The molecule has 2 fully saturated rings. The molecule has 2 aromatic carbocycles. The second kappa shape index (κ2) is 11.2. The monoisotopic (exact) mass is 668 g/mol. The van der Waals surface area contributed by atoms with Gasteiger partial charge in [0.05, 0.1) is 27.4 Å². The number of hydrogen-bond acceptors (Lipinski definition) is 9. The summed E-state index contributed by atoms with van der Waals surface area (Å²) < 4.78 is 42.6. The van der Waals surface area contributed by atoms with E-state index in [0.29, 0.717) is 30.7 Å². The minimum atomic E-state index is -0.818. The van der Waals surface area contributed by atoms with E-state index in [-0.39, 0.29) is 60.5 Å². The molecule has 6 rings (SSSR count). The second-order valence-electron chi connectivity index (χ2n) is 13.3. The van der Waals surface area contributed by atoms with Crippen molar-refractivity contribution >= 4 is 66.9 Å². The van der Waals surface area contributed by atoms with Crippen molar-refractivity contribution in [2.45, 2.75) is 71.2 Å². The van der Waals surface area contributed by atoms with E-state index in [9.17, 15) is 14.9 Å². The number of amides is 2. The molecule has 10 nitrogen and oxygen atoms in total. The molecule has 2 aromatic heterocycles. The molecule has 2 aliphatic rings. The molecule has 0 spiro atoms. The number of benzene rings is 2. The third-order valence-corrected chi connectivity index (χ3v) is 9.14. The third kappa shape index (κ3) is 5.64. The zero-order valence-corrected chi connectivity index (χ0v) is 27.6. The van der Waals surface area contributed by atoms with Crippen molar-refractivity contribution in [3.63, 3.8) is 0 Å². The van der Waals surface area contributed by atoms with Crippen molar-refractivity contribution in [2.24, 2.45) is 0 Å². The van der Waals surface area contributed by atoms with Gasteiger partial charge in [0, 0.05) is 29.4 Å². The van der Waals surface area contributed by atoms with E-state index >= 15 is 8.78 Å². The summed E-state index contributed by atoms with van der Waals surface area (Å²) >= 11 is 7.62. The lowest BCUT2D eigenvalue weighted by Gasteiger charge is -2.36. The maximum atomic E-state index is 16.5. The molecule has 0 saturated carbocycles. The van der Waals surface area contributed by atoms with Crippen LogP contribution < -0.4 is 10.2 Å². The second-order valence-corrected chi connectivity index (χ2v) is 14.7. The number of anilines is 2. The predicted molar refractivity (Wildman–Crippen MR) is 172 cm³/mol. The molecule has 4 heterocycles. The zero-order chi connectivity index (χ0) is 33.3. The Balaban J connectivity index is 1.39. The first kappa shape index (κ1) is 31.7. The Bertz CT molecular complexity index is 1960. The summed E-state index contributed by atoms with van der Waals surface area (Å²) in [6.45, 7) is 11.4. The van der Waals surface area contributed by atoms with Gasteiger partial charge in [0.25, 0.3) is 0 Å². The van der Waals surface area contributed by atoms with Crippen molar-refractivity contribution in [3.8, 4) is 17.2 Å². The van der Waals surface area contributed by atoms with E-state index in [4.69, 9.17) is 21.1 Å². The van der Waals surface area contributed by atoms with Crippen LogP contribution in [0.3, 0.4) is 0 Å². The van der Waals surface area contributed by atoms with Gasteiger partial charge in [-0.3, -0.25) is 5.32 Å². The quantitative estimate of drug-likeness (QED) is 0.234. The Morgan fingerprint density at radius 1 is 1.09 bits per heavy atom. The smallest absolute Gasteiger partial charge is 0.412 e. The van der Waals surface area contributed by atoms with Crippen LogP contribution in [0.2, 0.25) is 5.02 Å². The van der Waals surface area contributed by atoms with Crippen LogP contribution in [0, 0.1) is 23.0 Å². The van der Waals surface area contributed by atoms with Gasteiger partial charge in [-0.25, -0.2) is 28.3 Å². The van der Waals surface area contributed by atoms with Crippen LogP contribution in [0.25, 0.3) is 32.1 Å². The summed E-state index contributed by atoms with van der Waals surface area (Å²) in [6.07, 6.45) is 0.791. The van der Waals surface area contributed by atoms with Crippen molar-refractivity contribution in [1.82, 2.24) is 14.9 Å². The number of rotatable bonds is 3. The minimum absolute atomic E-state index is 0.00503. The fourth-order valence-electron chi connectivity index (χ4n) is 6.03. The number of carbonyl (C=O) groups is 2. The molecule has 2 aliphatic heterocycles. The van der Waals surface area contributed by atoms with Gasteiger partial charge >= 0.3 is 12.2 Å². The number of fused-ring (bicyclic) bond motifs is 4. The Hall–Kier alpha value is -4.28. The van der Waals surface area contributed by atoms with Gasteiger partial charge in [-0.2, -0.15) is 5.26 Å². The van der Waals surface area contributed by atoms with Gasteiger partial charge in [-0.1, -0.05) is 17.7 Å². The lowest BCUT2D eigenvalue weighted by Crippen LogP contribution is -2.50. The average Bonchev–Trinajstić information content (AvgIpc) is 3.65. The van der Waals surface area contributed by atoms with Crippen molar-refractivity contribution in [2.75, 3.05) is 23.3 Å². The van der Waals surface area contributed by atoms with Crippen LogP contribution in [0.4, 0.5) is 29.2 Å². The molecule has 0 unspecified atom stereocenters. The summed E-state index contributed by atoms with van der Waals surface area (Å²) in [7, 11) is 0. The van der Waals surface area contributed by atoms with E-state index in [1.807, 2.05) is 31.7 Å². The molecule has 2 amide bonds. The van der Waals surface area contributed by atoms with E-state index in [0.717, 1.165) is 17.4 Å². The average molecular weight is 669 g/mol. The highest BCUT2D eigenvalue weighted by molar-refractivity contribution is 7.23. The van der Waals surface area contributed by atoms with Crippen LogP contribution >= 0.6 is 22.9 Å². The summed E-state index contributed by atoms with van der Waals surface area (Å²) in [5.74, 6) is -0.936. The fraction of sp³-hybridized carbons (Fsp3) is 0.406. The number of nitriles is 1. The number of halogens is 3. The molecule has 2 atom stereocenters. The number of aromatic nitrogens is 2. The molecule has 2 bridgehead atoms. The molecule has 0 radical (unpaired) electrons. The molecule has 4 aromatic rings. The summed E-state index contributed by atoms with van der Waals surface area (Å²) in [4.78, 5) is 37.7. The molecule has 240 valence electrons. The third-order valence-electron chi connectivity index (χ3n) is 7.73. The molecule has 0 aliphatic carbocycles. The Morgan fingerprint density at radius 2 is 1.80 bits per heavy atom. The highest BCUT2D eigenvalue weighted by Crippen LogP contribution is 2.47. The van der Waals surface area contributed by atoms with E-state index in [2.05, 4.69) is 15.3 Å². The maximum Gasteiger partial charge on any atom is 0.412 e. The van der Waals surface area contributed by atoms with Crippen LogP contribution in [-0.4, -0.2) is 63.4 Å². The van der Waals surface area contributed by atoms with Gasteiger partial charge in [-0.05, 0) is 65.7 Å².